The third kappa shape index (κ3) is 2.20. The minimum absolute atomic E-state index is 0.0690. The average Bonchev–Trinajstić information content (AvgIpc) is 3.25. The summed E-state index contributed by atoms with van der Waals surface area (Å²) < 4.78 is 5.28. The largest absolute Gasteiger partial charge is 0.355 e. The minimum Gasteiger partial charge on any atom is -0.355 e. The number of nitrogens with two attached hydrogens (primary N) is 1. The van der Waals surface area contributed by atoms with Crippen molar-refractivity contribution in [3.05, 3.63) is 36.3 Å². The van der Waals surface area contributed by atoms with Crippen LogP contribution in [0.4, 0.5) is 0 Å². The molecule has 3 unspecified atom stereocenters. The molecule has 2 N–H and O–H groups in total. The molecule has 3 heterocycles. The van der Waals surface area contributed by atoms with Gasteiger partial charge < -0.3 is 15.2 Å². The standard InChI is InChI=1S/C16H18N4O2/c17-13-4-3-11-8-20(9-12(11)13)16(21)14-6-15(22-19-14)10-2-1-5-18-7-10/h1-2,5-7,11-13H,3-4,8-9,17H2. The Hall–Kier alpha value is -2.21. The van der Waals surface area contributed by atoms with Crippen LogP contribution in [0.1, 0.15) is 23.3 Å². The van der Waals surface area contributed by atoms with E-state index in [1.54, 1.807) is 18.5 Å². The lowest BCUT2D eigenvalue weighted by molar-refractivity contribution is 0.0769. The van der Waals surface area contributed by atoms with Gasteiger partial charge in [-0.05, 0) is 36.8 Å². The monoisotopic (exact) mass is 298 g/mol. The van der Waals surface area contributed by atoms with Gasteiger partial charge in [0, 0.05) is 43.2 Å². The van der Waals surface area contributed by atoms with E-state index in [0.29, 0.717) is 23.3 Å². The zero-order chi connectivity index (χ0) is 15.1. The van der Waals surface area contributed by atoms with Crippen molar-refractivity contribution in [3.8, 4) is 11.3 Å². The van der Waals surface area contributed by atoms with Crippen LogP contribution in [0.5, 0.6) is 0 Å². The molecular weight excluding hydrogens is 280 g/mol. The van der Waals surface area contributed by atoms with Crippen LogP contribution in [-0.2, 0) is 0 Å². The Bertz CT molecular complexity index is 684. The summed E-state index contributed by atoms with van der Waals surface area (Å²) in [5.74, 6) is 1.48. The molecule has 1 aliphatic carbocycles. The smallest absolute Gasteiger partial charge is 0.276 e. The Labute approximate surface area is 128 Å². The predicted molar refractivity (Wildman–Crippen MR) is 79.8 cm³/mol. The van der Waals surface area contributed by atoms with Gasteiger partial charge in [0.25, 0.3) is 5.91 Å². The van der Waals surface area contributed by atoms with E-state index in [9.17, 15) is 4.79 Å². The van der Waals surface area contributed by atoms with Gasteiger partial charge in [-0.25, -0.2) is 0 Å². The number of hydrogen-bond donors (Lipinski definition) is 1. The molecule has 0 bridgehead atoms. The Morgan fingerprint density at radius 3 is 3.05 bits per heavy atom. The fourth-order valence-corrected chi connectivity index (χ4v) is 3.66. The molecule has 1 saturated carbocycles. The molecule has 0 spiro atoms. The lowest BCUT2D eigenvalue weighted by atomic mass is 9.98. The SMILES string of the molecule is NC1CCC2CN(C(=O)c3cc(-c4cccnc4)on3)CC12. The number of likely N-dealkylation sites (tertiary alicyclic amines) is 1. The molecule has 1 amide bonds. The second-order valence-electron chi connectivity index (χ2n) is 6.19. The van der Waals surface area contributed by atoms with Crippen LogP contribution in [0.15, 0.2) is 35.1 Å². The molecule has 0 radical (unpaired) electrons. The summed E-state index contributed by atoms with van der Waals surface area (Å²) in [6, 6.07) is 5.61. The molecule has 6 heteroatoms. The summed E-state index contributed by atoms with van der Waals surface area (Å²) in [5.41, 5.74) is 7.29. The van der Waals surface area contributed by atoms with E-state index in [2.05, 4.69) is 10.1 Å². The maximum Gasteiger partial charge on any atom is 0.276 e. The molecule has 2 fully saturated rings. The van der Waals surface area contributed by atoms with E-state index in [0.717, 1.165) is 31.5 Å². The first-order chi connectivity index (χ1) is 10.7. The van der Waals surface area contributed by atoms with Crippen LogP contribution in [0.2, 0.25) is 0 Å². The summed E-state index contributed by atoms with van der Waals surface area (Å²) in [6.45, 7) is 1.52. The summed E-state index contributed by atoms with van der Waals surface area (Å²) >= 11 is 0. The van der Waals surface area contributed by atoms with Crippen LogP contribution in [0, 0.1) is 11.8 Å². The highest BCUT2D eigenvalue weighted by Gasteiger charge is 2.43. The maximum absolute atomic E-state index is 12.6. The van der Waals surface area contributed by atoms with Crippen molar-refractivity contribution in [2.45, 2.75) is 18.9 Å². The lowest BCUT2D eigenvalue weighted by Gasteiger charge is -2.17. The molecule has 2 aliphatic rings. The number of nitrogens with zero attached hydrogens (tertiary/aromatic N) is 3. The molecule has 1 saturated heterocycles. The summed E-state index contributed by atoms with van der Waals surface area (Å²) in [7, 11) is 0. The zero-order valence-electron chi connectivity index (χ0n) is 12.2. The Morgan fingerprint density at radius 1 is 1.36 bits per heavy atom. The number of carbonyl (C=O) groups is 1. The molecular formula is C16H18N4O2. The van der Waals surface area contributed by atoms with Crippen LogP contribution >= 0.6 is 0 Å². The minimum atomic E-state index is -0.0690. The molecule has 4 rings (SSSR count). The van der Waals surface area contributed by atoms with Gasteiger partial charge in [-0.15, -0.1) is 0 Å². The Balaban J connectivity index is 1.51. The zero-order valence-corrected chi connectivity index (χ0v) is 12.2. The van der Waals surface area contributed by atoms with E-state index in [1.807, 2.05) is 17.0 Å². The fraction of sp³-hybridized carbons (Fsp3) is 0.438. The summed E-state index contributed by atoms with van der Waals surface area (Å²) in [4.78, 5) is 18.5. The second-order valence-corrected chi connectivity index (χ2v) is 6.19. The van der Waals surface area contributed by atoms with Crippen molar-refractivity contribution in [3.63, 3.8) is 0 Å². The fourth-order valence-electron chi connectivity index (χ4n) is 3.66. The molecule has 114 valence electrons. The topological polar surface area (TPSA) is 85.2 Å². The molecule has 0 aromatic carbocycles. The van der Waals surface area contributed by atoms with Crippen LogP contribution in [0.25, 0.3) is 11.3 Å². The third-order valence-corrected chi connectivity index (χ3v) is 4.87. The number of rotatable bonds is 2. The maximum atomic E-state index is 12.6. The van der Waals surface area contributed by atoms with Gasteiger partial charge in [-0.2, -0.15) is 0 Å². The number of carbonyl (C=O) groups excluding carboxylic acids is 1. The van der Waals surface area contributed by atoms with Crippen molar-refractivity contribution in [1.29, 1.82) is 0 Å². The molecule has 22 heavy (non-hydrogen) atoms. The quantitative estimate of drug-likeness (QED) is 0.909. The van der Waals surface area contributed by atoms with E-state index in [4.69, 9.17) is 10.3 Å². The van der Waals surface area contributed by atoms with Gasteiger partial charge in [-0.1, -0.05) is 5.16 Å². The number of pyridine rings is 1. The van der Waals surface area contributed by atoms with Crippen LogP contribution in [-0.4, -0.2) is 40.1 Å². The molecule has 3 atom stereocenters. The van der Waals surface area contributed by atoms with Gasteiger partial charge in [0.15, 0.2) is 11.5 Å². The first kappa shape index (κ1) is 13.5. The lowest BCUT2D eigenvalue weighted by Crippen LogP contribution is -2.33. The second kappa shape index (κ2) is 5.21. The predicted octanol–water partition coefficient (Wildman–Crippen LogP) is 1.55. The van der Waals surface area contributed by atoms with Crippen molar-refractivity contribution >= 4 is 5.91 Å². The highest BCUT2D eigenvalue weighted by molar-refractivity contribution is 5.93. The first-order valence-corrected chi connectivity index (χ1v) is 7.64. The van der Waals surface area contributed by atoms with Gasteiger partial charge in [-0.3, -0.25) is 9.78 Å². The van der Waals surface area contributed by atoms with Gasteiger partial charge in [0.1, 0.15) is 0 Å². The van der Waals surface area contributed by atoms with E-state index in [1.165, 1.54) is 0 Å². The Kier molecular flexibility index (Phi) is 3.18. The number of aromatic nitrogens is 2. The normalized spacial score (nSPS) is 27.1. The van der Waals surface area contributed by atoms with E-state index >= 15 is 0 Å². The van der Waals surface area contributed by atoms with Gasteiger partial charge >= 0.3 is 0 Å². The van der Waals surface area contributed by atoms with E-state index < -0.39 is 0 Å². The number of fused-ring (bicyclic) bond motifs is 1. The van der Waals surface area contributed by atoms with Crippen LogP contribution in [0.3, 0.4) is 0 Å². The molecule has 1 aliphatic heterocycles. The van der Waals surface area contributed by atoms with Gasteiger partial charge in [0.05, 0.1) is 0 Å². The summed E-state index contributed by atoms with van der Waals surface area (Å²) in [6.07, 6.45) is 5.58. The van der Waals surface area contributed by atoms with Crippen LogP contribution < -0.4 is 5.73 Å². The molecule has 6 nitrogen and oxygen atoms in total. The van der Waals surface area contributed by atoms with Crippen molar-refractivity contribution < 1.29 is 9.32 Å². The average molecular weight is 298 g/mol. The van der Waals surface area contributed by atoms with Crippen molar-refractivity contribution in [2.24, 2.45) is 17.6 Å². The highest BCUT2D eigenvalue weighted by atomic mass is 16.5. The molecule has 2 aromatic rings. The summed E-state index contributed by atoms with van der Waals surface area (Å²) in [5, 5.41) is 3.92. The van der Waals surface area contributed by atoms with Gasteiger partial charge in [0.2, 0.25) is 0 Å². The number of hydrogen-bond acceptors (Lipinski definition) is 5. The Morgan fingerprint density at radius 2 is 2.27 bits per heavy atom. The van der Waals surface area contributed by atoms with Crippen molar-refractivity contribution in [1.82, 2.24) is 15.0 Å². The first-order valence-electron chi connectivity index (χ1n) is 7.64. The third-order valence-electron chi connectivity index (χ3n) is 4.87. The van der Waals surface area contributed by atoms with Crippen molar-refractivity contribution in [2.75, 3.05) is 13.1 Å². The van der Waals surface area contributed by atoms with E-state index in [-0.39, 0.29) is 11.9 Å². The highest BCUT2D eigenvalue weighted by Crippen LogP contribution is 2.37. The molecule has 2 aromatic heterocycles. The number of amides is 1.